The number of carbonyl (C=O) groups excluding carboxylic acids is 1. The van der Waals surface area contributed by atoms with E-state index in [0.29, 0.717) is 5.69 Å². The molecular weight excluding hydrogens is 232 g/mol. The van der Waals surface area contributed by atoms with Crippen molar-refractivity contribution in [2.75, 3.05) is 0 Å². The molecule has 1 aromatic heterocycles. The van der Waals surface area contributed by atoms with Crippen molar-refractivity contribution in [1.82, 2.24) is 4.98 Å². The van der Waals surface area contributed by atoms with Crippen LogP contribution >= 0.6 is 11.6 Å². The number of aromatic nitrogens is 1. The highest BCUT2D eigenvalue weighted by Gasteiger charge is 2.22. The molecule has 1 rings (SSSR count). The average molecular weight is 245 g/mol. The number of hydrogen-bond acceptors (Lipinski definition) is 4. The highest BCUT2D eigenvalue weighted by Crippen LogP contribution is 2.25. The third-order valence-corrected chi connectivity index (χ3v) is 2.41. The van der Waals surface area contributed by atoms with Gasteiger partial charge in [0.05, 0.1) is 12.5 Å². The van der Waals surface area contributed by atoms with E-state index in [4.69, 9.17) is 17.3 Å². The van der Waals surface area contributed by atoms with Crippen LogP contribution in [0.15, 0.2) is 12.1 Å². The van der Waals surface area contributed by atoms with Crippen molar-refractivity contribution in [3.63, 3.8) is 0 Å². The lowest BCUT2D eigenvalue weighted by Crippen LogP contribution is -2.26. The van der Waals surface area contributed by atoms with Crippen LogP contribution in [0.5, 0.6) is 0 Å². The van der Waals surface area contributed by atoms with Gasteiger partial charge in [-0.15, -0.1) is 0 Å². The van der Waals surface area contributed by atoms with Crippen molar-refractivity contribution in [1.29, 1.82) is 0 Å². The van der Waals surface area contributed by atoms with Crippen LogP contribution in [-0.4, -0.2) is 27.2 Å². The summed E-state index contributed by atoms with van der Waals surface area (Å²) in [5.41, 5.74) is 5.89. The third kappa shape index (κ3) is 3.16. The topological polar surface area (TPSA) is 96.4 Å². The molecule has 0 aliphatic rings. The first-order chi connectivity index (χ1) is 7.41. The number of nitrogens with two attached hydrogens (primary N) is 1. The van der Waals surface area contributed by atoms with Gasteiger partial charge in [-0.1, -0.05) is 17.7 Å². The summed E-state index contributed by atoms with van der Waals surface area (Å²) in [7, 11) is 0. The number of aryl methyl sites for hydroxylation is 1. The quantitative estimate of drug-likeness (QED) is 0.665. The van der Waals surface area contributed by atoms with E-state index in [9.17, 15) is 15.0 Å². The standard InChI is InChI=1S/C10H13ClN2O3/c1-5-2-3-6(10(11)13-5)9(16)7(14)4-8(12)15/h2-3,7,9,14,16H,4H2,1H3,(H2,12,15). The Kier molecular flexibility index (Phi) is 4.23. The van der Waals surface area contributed by atoms with Gasteiger partial charge in [0.1, 0.15) is 11.3 Å². The Hall–Kier alpha value is -1.17. The number of aliphatic hydroxyl groups excluding tert-OH is 2. The molecule has 0 radical (unpaired) electrons. The maximum absolute atomic E-state index is 10.6. The fraction of sp³-hybridized carbons (Fsp3) is 0.400. The van der Waals surface area contributed by atoms with Gasteiger partial charge >= 0.3 is 0 Å². The van der Waals surface area contributed by atoms with E-state index >= 15 is 0 Å². The molecule has 1 amide bonds. The number of nitrogens with zero attached hydrogens (tertiary/aromatic N) is 1. The Morgan fingerprint density at radius 2 is 2.19 bits per heavy atom. The lowest BCUT2D eigenvalue weighted by molar-refractivity contribution is -0.121. The minimum Gasteiger partial charge on any atom is -0.390 e. The molecule has 88 valence electrons. The monoisotopic (exact) mass is 244 g/mol. The number of aliphatic hydroxyl groups is 2. The van der Waals surface area contributed by atoms with Crippen LogP contribution in [0.25, 0.3) is 0 Å². The second-order valence-electron chi connectivity index (χ2n) is 3.52. The first-order valence-electron chi connectivity index (χ1n) is 4.69. The first-order valence-corrected chi connectivity index (χ1v) is 5.07. The third-order valence-electron chi connectivity index (χ3n) is 2.11. The Morgan fingerprint density at radius 1 is 1.56 bits per heavy atom. The van der Waals surface area contributed by atoms with Crippen molar-refractivity contribution in [2.45, 2.75) is 25.6 Å². The summed E-state index contributed by atoms with van der Waals surface area (Å²) in [6.07, 6.45) is -2.88. The summed E-state index contributed by atoms with van der Waals surface area (Å²) in [5.74, 6) is -0.692. The van der Waals surface area contributed by atoms with E-state index in [0.717, 1.165) is 0 Å². The maximum atomic E-state index is 10.6. The van der Waals surface area contributed by atoms with Gasteiger partial charge in [-0.25, -0.2) is 4.98 Å². The molecule has 0 fully saturated rings. The lowest BCUT2D eigenvalue weighted by Gasteiger charge is -2.17. The second kappa shape index (κ2) is 5.25. The van der Waals surface area contributed by atoms with Gasteiger partial charge in [0, 0.05) is 11.3 Å². The van der Waals surface area contributed by atoms with Crippen LogP contribution in [0.4, 0.5) is 0 Å². The SMILES string of the molecule is Cc1ccc(C(O)C(O)CC(N)=O)c(Cl)n1. The van der Waals surface area contributed by atoms with Crippen LogP contribution in [0.2, 0.25) is 5.15 Å². The highest BCUT2D eigenvalue weighted by atomic mass is 35.5. The molecule has 4 N–H and O–H groups in total. The van der Waals surface area contributed by atoms with Crippen molar-refractivity contribution in [3.8, 4) is 0 Å². The zero-order valence-electron chi connectivity index (χ0n) is 8.72. The molecule has 6 heteroatoms. The molecule has 1 aromatic rings. The lowest BCUT2D eigenvalue weighted by atomic mass is 10.0. The zero-order valence-corrected chi connectivity index (χ0v) is 9.48. The Labute approximate surface area is 97.9 Å². The smallest absolute Gasteiger partial charge is 0.220 e. The average Bonchev–Trinajstić information content (AvgIpc) is 2.15. The molecule has 0 saturated heterocycles. The predicted octanol–water partition coefficient (Wildman–Crippen LogP) is 0.313. The molecule has 2 atom stereocenters. The Morgan fingerprint density at radius 3 is 2.69 bits per heavy atom. The number of amides is 1. The van der Waals surface area contributed by atoms with Gasteiger partial charge in [-0.05, 0) is 13.0 Å². The number of halogens is 1. The number of rotatable bonds is 4. The molecule has 0 bridgehead atoms. The van der Waals surface area contributed by atoms with Gasteiger partial charge in [-0.2, -0.15) is 0 Å². The molecule has 2 unspecified atom stereocenters. The number of pyridine rings is 1. The largest absolute Gasteiger partial charge is 0.390 e. The fourth-order valence-electron chi connectivity index (χ4n) is 1.28. The first kappa shape index (κ1) is 12.9. The molecule has 1 heterocycles. The van der Waals surface area contributed by atoms with Crippen molar-refractivity contribution in [3.05, 3.63) is 28.5 Å². The molecular formula is C10H13ClN2O3. The van der Waals surface area contributed by atoms with Gasteiger partial charge in [-0.3, -0.25) is 4.79 Å². The van der Waals surface area contributed by atoms with E-state index in [-0.39, 0.29) is 17.1 Å². The van der Waals surface area contributed by atoms with Crippen LogP contribution in [0.1, 0.15) is 23.8 Å². The van der Waals surface area contributed by atoms with Crippen LogP contribution < -0.4 is 5.73 Å². The fourth-order valence-corrected chi connectivity index (χ4v) is 1.59. The van der Waals surface area contributed by atoms with Crippen LogP contribution in [-0.2, 0) is 4.79 Å². The zero-order chi connectivity index (χ0) is 12.3. The molecule has 0 saturated carbocycles. The summed E-state index contributed by atoms with van der Waals surface area (Å²) in [4.78, 5) is 14.5. The van der Waals surface area contributed by atoms with Crippen LogP contribution in [0, 0.1) is 6.92 Å². The molecule has 0 aromatic carbocycles. The summed E-state index contributed by atoms with van der Waals surface area (Å²) < 4.78 is 0. The molecule has 16 heavy (non-hydrogen) atoms. The second-order valence-corrected chi connectivity index (χ2v) is 3.87. The minimum absolute atomic E-state index is 0.107. The van der Waals surface area contributed by atoms with Crippen LogP contribution in [0.3, 0.4) is 0 Å². The normalized spacial score (nSPS) is 14.5. The number of carbonyl (C=O) groups is 1. The summed E-state index contributed by atoms with van der Waals surface area (Å²) in [6.45, 7) is 1.75. The highest BCUT2D eigenvalue weighted by molar-refractivity contribution is 6.30. The Bertz CT molecular complexity index is 398. The Balaban J connectivity index is 2.87. The van der Waals surface area contributed by atoms with E-state index < -0.39 is 18.1 Å². The number of primary amides is 1. The van der Waals surface area contributed by atoms with E-state index in [1.54, 1.807) is 19.1 Å². The summed E-state index contributed by atoms with van der Waals surface area (Å²) in [6, 6.07) is 3.21. The molecule has 0 spiro atoms. The van der Waals surface area contributed by atoms with Crippen molar-refractivity contribution >= 4 is 17.5 Å². The van der Waals surface area contributed by atoms with Gasteiger partial charge in [0.25, 0.3) is 0 Å². The predicted molar refractivity (Wildman–Crippen MR) is 58.8 cm³/mol. The molecule has 0 aliphatic carbocycles. The summed E-state index contributed by atoms with van der Waals surface area (Å²) in [5, 5.41) is 19.3. The van der Waals surface area contributed by atoms with Gasteiger partial charge in [0.2, 0.25) is 5.91 Å². The van der Waals surface area contributed by atoms with E-state index in [1.807, 2.05) is 0 Å². The van der Waals surface area contributed by atoms with E-state index in [2.05, 4.69) is 4.98 Å². The maximum Gasteiger partial charge on any atom is 0.220 e. The van der Waals surface area contributed by atoms with Gasteiger partial charge in [0.15, 0.2) is 0 Å². The van der Waals surface area contributed by atoms with Crippen molar-refractivity contribution in [2.24, 2.45) is 5.73 Å². The molecule has 0 aliphatic heterocycles. The van der Waals surface area contributed by atoms with E-state index in [1.165, 1.54) is 0 Å². The number of hydrogen-bond donors (Lipinski definition) is 3. The van der Waals surface area contributed by atoms with Crippen molar-refractivity contribution < 1.29 is 15.0 Å². The van der Waals surface area contributed by atoms with Gasteiger partial charge < -0.3 is 15.9 Å². The summed E-state index contributed by atoms with van der Waals surface area (Å²) >= 11 is 5.81. The molecule has 5 nitrogen and oxygen atoms in total. The minimum atomic E-state index is -1.28.